The molecule has 0 aliphatic carbocycles. The smallest absolute Gasteiger partial charge is 0.410 e. The van der Waals surface area contributed by atoms with Crippen molar-refractivity contribution in [3.8, 4) is 22.9 Å². The number of amides is 1. The number of nitrogens with one attached hydrogen (secondary N) is 1. The van der Waals surface area contributed by atoms with Crippen LogP contribution in [-0.2, 0) is 4.74 Å². The third-order valence-electron chi connectivity index (χ3n) is 6.21. The molecule has 1 aliphatic rings. The number of pyridine rings is 1. The topological polar surface area (TPSA) is 115 Å². The molecule has 0 unspecified atom stereocenters. The number of hydrogen-bond acceptors (Lipinski definition) is 8. The van der Waals surface area contributed by atoms with E-state index in [1.54, 1.807) is 51.4 Å². The minimum absolute atomic E-state index is 0.00973. The number of carbonyl (C=O) groups is 1. The van der Waals surface area contributed by atoms with Crippen LogP contribution in [0.15, 0.2) is 67.0 Å². The van der Waals surface area contributed by atoms with Crippen molar-refractivity contribution in [1.82, 2.24) is 19.9 Å². The molecule has 2 atom stereocenters. The van der Waals surface area contributed by atoms with E-state index in [-0.39, 0.29) is 25.6 Å². The van der Waals surface area contributed by atoms with Gasteiger partial charge in [-0.25, -0.2) is 24.1 Å². The maximum atomic E-state index is 14.6. The maximum absolute atomic E-state index is 14.6. The number of aromatic nitrogens is 3. The lowest BCUT2D eigenvalue weighted by Gasteiger charge is -2.36. The van der Waals surface area contributed by atoms with Crippen molar-refractivity contribution < 1.29 is 18.7 Å². The Hall–Kier alpha value is -4.47. The van der Waals surface area contributed by atoms with Gasteiger partial charge in [0.1, 0.15) is 17.5 Å². The van der Waals surface area contributed by atoms with Gasteiger partial charge < -0.3 is 25.4 Å². The summed E-state index contributed by atoms with van der Waals surface area (Å²) in [7, 11) is 0. The number of halogens is 1. The van der Waals surface area contributed by atoms with Crippen LogP contribution >= 0.6 is 0 Å². The molecule has 202 valence electrons. The highest BCUT2D eigenvalue weighted by Crippen LogP contribution is 2.36. The Morgan fingerprint density at radius 1 is 1.03 bits per heavy atom. The van der Waals surface area contributed by atoms with E-state index in [2.05, 4.69) is 20.3 Å². The molecule has 10 heteroatoms. The Bertz CT molecular complexity index is 1490. The number of nitrogen functional groups attached to an aromatic ring is 1. The number of carbonyl (C=O) groups excluding carboxylic acids is 1. The lowest BCUT2D eigenvalue weighted by atomic mass is 10.0. The Morgan fingerprint density at radius 2 is 1.82 bits per heavy atom. The summed E-state index contributed by atoms with van der Waals surface area (Å²) in [4.78, 5) is 27.3. The average molecular weight is 531 g/mol. The number of alkyl halides is 1. The van der Waals surface area contributed by atoms with E-state index in [1.165, 1.54) is 4.90 Å². The molecule has 2 aromatic heterocycles. The molecular formula is C29H31FN6O3. The van der Waals surface area contributed by atoms with E-state index >= 15 is 0 Å². The molecule has 0 spiro atoms. The minimum atomic E-state index is -1.19. The summed E-state index contributed by atoms with van der Waals surface area (Å²) in [5.41, 5.74) is 7.38. The second-order valence-corrected chi connectivity index (χ2v) is 10.5. The number of fused-ring (bicyclic) bond motifs is 1. The van der Waals surface area contributed by atoms with Crippen molar-refractivity contribution in [1.29, 1.82) is 0 Å². The number of nitrogens with two attached hydrogens (primary N) is 1. The van der Waals surface area contributed by atoms with Crippen LogP contribution in [-0.4, -0.2) is 56.8 Å². The first-order valence-corrected chi connectivity index (χ1v) is 12.8. The van der Waals surface area contributed by atoms with Crippen LogP contribution < -0.4 is 15.8 Å². The zero-order valence-electron chi connectivity index (χ0n) is 22.1. The Labute approximate surface area is 226 Å². The normalized spacial score (nSPS) is 17.6. The summed E-state index contributed by atoms with van der Waals surface area (Å²) in [6, 6.07) is 16.4. The van der Waals surface area contributed by atoms with Gasteiger partial charge in [0.2, 0.25) is 11.8 Å². The third kappa shape index (κ3) is 6.17. The first-order chi connectivity index (χ1) is 18.7. The number of benzene rings is 2. The largest absolute Gasteiger partial charge is 0.444 e. The number of anilines is 2. The van der Waals surface area contributed by atoms with E-state index < -0.39 is 17.9 Å². The minimum Gasteiger partial charge on any atom is -0.444 e. The SMILES string of the molecule is CC(C)(C)OC(=O)N1C[C@@H](F)C[C@H](Nc2nccc(-c3cccnc3Oc3ccc(N)c4ccccc34)n2)C1. The Morgan fingerprint density at radius 3 is 2.62 bits per heavy atom. The van der Waals surface area contributed by atoms with Crippen molar-refractivity contribution in [3.63, 3.8) is 0 Å². The van der Waals surface area contributed by atoms with Gasteiger partial charge in [0.05, 0.1) is 17.8 Å². The summed E-state index contributed by atoms with van der Waals surface area (Å²) >= 11 is 0. The summed E-state index contributed by atoms with van der Waals surface area (Å²) in [5.74, 6) is 1.30. The van der Waals surface area contributed by atoms with E-state index in [1.807, 2.05) is 36.4 Å². The van der Waals surface area contributed by atoms with Gasteiger partial charge in [0.25, 0.3) is 0 Å². The molecule has 0 radical (unpaired) electrons. The summed E-state index contributed by atoms with van der Waals surface area (Å²) in [6.07, 6.45) is 1.74. The molecule has 0 bridgehead atoms. The standard InChI is InChI=1S/C29H31FN6O3/c1-29(2,3)39-28(37)36-16-18(30)15-19(17-36)34-27-33-14-12-24(35-27)22-9-6-13-32-26(22)38-25-11-10-23(31)20-7-4-5-8-21(20)25/h4-14,18-19H,15-17,31H2,1-3H3,(H,33,34,35)/t18-,19-/m0/s1. The predicted molar refractivity (Wildman–Crippen MR) is 148 cm³/mol. The number of hydrogen-bond donors (Lipinski definition) is 2. The zero-order chi connectivity index (χ0) is 27.6. The number of piperidine rings is 1. The number of likely N-dealkylation sites (tertiary alicyclic amines) is 1. The molecule has 1 saturated heterocycles. The highest BCUT2D eigenvalue weighted by molar-refractivity contribution is 5.97. The van der Waals surface area contributed by atoms with Crippen LogP contribution in [0.5, 0.6) is 11.6 Å². The van der Waals surface area contributed by atoms with E-state index in [9.17, 15) is 9.18 Å². The van der Waals surface area contributed by atoms with Gasteiger partial charge in [-0.15, -0.1) is 0 Å². The fraction of sp³-hybridized carbons (Fsp3) is 0.310. The van der Waals surface area contributed by atoms with Crippen molar-refractivity contribution in [2.24, 2.45) is 0 Å². The quantitative estimate of drug-likeness (QED) is 0.310. The summed E-state index contributed by atoms with van der Waals surface area (Å²) in [6.45, 7) is 5.60. The van der Waals surface area contributed by atoms with Gasteiger partial charge in [-0.1, -0.05) is 24.3 Å². The number of nitrogens with zero attached hydrogens (tertiary/aromatic N) is 4. The molecule has 39 heavy (non-hydrogen) atoms. The van der Waals surface area contributed by atoms with Crippen LogP contribution in [0.4, 0.5) is 20.8 Å². The van der Waals surface area contributed by atoms with E-state index in [4.69, 9.17) is 15.2 Å². The van der Waals surface area contributed by atoms with Gasteiger partial charge in [-0.05, 0) is 51.1 Å². The first kappa shape index (κ1) is 26.1. The first-order valence-electron chi connectivity index (χ1n) is 12.8. The van der Waals surface area contributed by atoms with Gasteiger partial charge in [-0.3, -0.25) is 0 Å². The van der Waals surface area contributed by atoms with Crippen LogP contribution in [0, 0.1) is 0 Å². The van der Waals surface area contributed by atoms with Crippen LogP contribution in [0.25, 0.3) is 22.0 Å². The van der Waals surface area contributed by atoms with Crippen molar-refractivity contribution >= 4 is 28.5 Å². The molecule has 3 heterocycles. The molecule has 5 rings (SSSR count). The second-order valence-electron chi connectivity index (χ2n) is 10.5. The van der Waals surface area contributed by atoms with Crippen LogP contribution in [0.2, 0.25) is 0 Å². The molecule has 2 aromatic carbocycles. The van der Waals surface area contributed by atoms with Crippen LogP contribution in [0.1, 0.15) is 27.2 Å². The fourth-order valence-electron chi connectivity index (χ4n) is 4.53. The molecule has 1 amide bonds. The number of rotatable bonds is 5. The molecular weight excluding hydrogens is 499 g/mol. The predicted octanol–water partition coefficient (Wildman–Crippen LogP) is 5.83. The highest BCUT2D eigenvalue weighted by Gasteiger charge is 2.33. The lowest BCUT2D eigenvalue weighted by Crippen LogP contribution is -2.51. The molecule has 1 aliphatic heterocycles. The summed E-state index contributed by atoms with van der Waals surface area (Å²) < 4.78 is 26.2. The average Bonchev–Trinajstić information content (AvgIpc) is 2.90. The lowest BCUT2D eigenvalue weighted by molar-refractivity contribution is 0.0124. The fourth-order valence-corrected chi connectivity index (χ4v) is 4.53. The van der Waals surface area contributed by atoms with Crippen molar-refractivity contribution in [3.05, 3.63) is 67.0 Å². The van der Waals surface area contributed by atoms with Crippen molar-refractivity contribution in [2.75, 3.05) is 24.1 Å². The molecule has 9 nitrogen and oxygen atoms in total. The van der Waals surface area contributed by atoms with Crippen molar-refractivity contribution in [2.45, 2.75) is 45.0 Å². The van der Waals surface area contributed by atoms with Gasteiger partial charge in [-0.2, -0.15) is 0 Å². The van der Waals surface area contributed by atoms with Gasteiger partial charge in [0.15, 0.2) is 0 Å². The number of ether oxygens (including phenoxy) is 2. The monoisotopic (exact) mass is 530 g/mol. The van der Waals surface area contributed by atoms with Gasteiger partial charge in [0, 0.05) is 47.9 Å². The Kier molecular flexibility index (Phi) is 7.19. The molecule has 1 fully saturated rings. The highest BCUT2D eigenvalue weighted by atomic mass is 19.1. The van der Waals surface area contributed by atoms with E-state index in [0.29, 0.717) is 34.5 Å². The zero-order valence-corrected chi connectivity index (χ0v) is 22.1. The molecule has 0 saturated carbocycles. The van der Waals surface area contributed by atoms with Crippen LogP contribution in [0.3, 0.4) is 0 Å². The Balaban J connectivity index is 1.37. The second kappa shape index (κ2) is 10.7. The summed E-state index contributed by atoms with van der Waals surface area (Å²) in [5, 5.41) is 4.94. The third-order valence-corrected chi connectivity index (χ3v) is 6.21. The maximum Gasteiger partial charge on any atom is 0.410 e. The van der Waals surface area contributed by atoms with E-state index in [0.717, 1.165) is 10.8 Å². The molecule has 3 N–H and O–H groups in total. The van der Waals surface area contributed by atoms with Gasteiger partial charge >= 0.3 is 6.09 Å². The molecule has 4 aromatic rings.